The van der Waals surface area contributed by atoms with E-state index >= 15 is 0 Å². The van der Waals surface area contributed by atoms with Gasteiger partial charge in [-0.05, 0) is 43.7 Å². The Kier molecular flexibility index (Phi) is 3.55. The highest BCUT2D eigenvalue weighted by Crippen LogP contribution is 2.12. The first-order chi connectivity index (χ1) is 8.24. The van der Waals surface area contributed by atoms with Crippen molar-refractivity contribution in [3.05, 3.63) is 59.7 Å². The first-order valence-corrected chi connectivity index (χ1v) is 5.66. The minimum absolute atomic E-state index is 0.954. The maximum Gasteiger partial charge on any atom is 0.0930 e. The third-order valence-electron chi connectivity index (χ3n) is 2.50. The number of hydrogen-bond donors (Lipinski definition) is 1. The van der Waals surface area contributed by atoms with Crippen molar-refractivity contribution in [2.24, 2.45) is 4.99 Å². The Labute approximate surface area is 102 Å². The molecule has 2 heteroatoms. The van der Waals surface area contributed by atoms with Crippen molar-refractivity contribution in [3.63, 3.8) is 0 Å². The Morgan fingerprint density at radius 3 is 2.41 bits per heavy atom. The van der Waals surface area contributed by atoms with E-state index in [1.807, 2.05) is 24.3 Å². The number of nitrogens with one attached hydrogen (secondary N) is 1. The largest absolute Gasteiger partial charge is 0.346 e. The third kappa shape index (κ3) is 3.45. The van der Waals surface area contributed by atoms with Gasteiger partial charge in [-0.15, -0.1) is 0 Å². The molecule has 0 spiro atoms. The Hall–Kier alpha value is -2.09. The lowest BCUT2D eigenvalue weighted by atomic mass is 10.2. The van der Waals surface area contributed by atoms with Crippen molar-refractivity contribution in [2.45, 2.75) is 13.8 Å². The van der Waals surface area contributed by atoms with Crippen molar-refractivity contribution in [1.29, 1.82) is 0 Å². The molecule has 0 amide bonds. The molecule has 0 saturated heterocycles. The average molecular weight is 224 g/mol. The normalized spacial score (nSPS) is 10.7. The fraction of sp³-hybridized carbons (Fsp3) is 0.133. The zero-order valence-electron chi connectivity index (χ0n) is 10.1. The van der Waals surface area contributed by atoms with E-state index in [1.165, 1.54) is 11.1 Å². The van der Waals surface area contributed by atoms with Crippen LogP contribution in [0.15, 0.2) is 53.5 Å². The van der Waals surface area contributed by atoms with Gasteiger partial charge in [-0.2, -0.15) is 0 Å². The lowest BCUT2D eigenvalue weighted by Crippen LogP contribution is -1.93. The molecule has 1 N–H and O–H groups in total. The molecular formula is C15H16N2. The van der Waals surface area contributed by atoms with E-state index in [4.69, 9.17) is 0 Å². The summed E-state index contributed by atoms with van der Waals surface area (Å²) in [5.41, 5.74) is 4.49. The minimum Gasteiger partial charge on any atom is -0.346 e. The predicted octanol–water partition coefficient (Wildman–Crippen LogP) is 4.08. The van der Waals surface area contributed by atoms with Gasteiger partial charge in [0, 0.05) is 5.69 Å². The summed E-state index contributed by atoms with van der Waals surface area (Å²) in [4.78, 5) is 4.34. The van der Waals surface area contributed by atoms with Gasteiger partial charge >= 0.3 is 0 Å². The van der Waals surface area contributed by atoms with Crippen LogP contribution < -0.4 is 5.32 Å². The monoisotopic (exact) mass is 224 g/mol. The standard InChI is InChI=1S/C15H16N2/c1-12-6-8-14(9-7-12)16-11-17-15-5-3-4-13(2)10-15/h3-11H,1-2H3,(H,16,17). The van der Waals surface area contributed by atoms with E-state index < -0.39 is 0 Å². The molecule has 0 fully saturated rings. The Morgan fingerprint density at radius 2 is 1.71 bits per heavy atom. The molecule has 0 radical (unpaired) electrons. The van der Waals surface area contributed by atoms with Crippen molar-refractivity contribution >= 4 is 17.7 Å². The second-order valence-corrected chi connectivity index (χ2v) is 4.11. The Morgan fingerprint density at radius 1 is 0.941 bits per heavy atom. The topological polar surface area (TPSA) is 24.4 Å². The van der Waals surface area contributed by atoms with Crippen molar-refractivity contribution in [2.75, 3.05) is 5.32 Å². The van der Waals surface area contributed by atoms with Crippen LogP contribution in [0.1, 0.15) is 11.1 Å². The number of benzene rings is 2. The molecule has 2 aromatic rings. The second kappa shape index (κ2) is 5.30. The van der Waals surface area contributed by atoms with Gasteiger partial charge in [0.15, 0.2) is 0 Å². The molecular weight excluding hydrogens is 208 g/mol. The van der Waals surface area contributed by atoms with Crippen LogP contribution in [-0.4, -0.2) is 6.34 Å². The molecule has 0 aliphatic heterocycles. The van der Waals surface area contributed by atoms with Gasteiger partial charge in [-0.3, -0.25) is 0 Å². The molecule has 0 saturated carbocycles. The van der Waals surface area contributed by atoms with Crippen LogP contribution in [0, 0.1) is 13.8 Å². The number of nitrogens with zero attached hydrogens (tertiary/aromatic N) is 1. The highest BCUT2D eigenvalue weighted by Gasteiger charge is 1.89. The van der Waals surface area contributed by atoms with Gasteiger partial charge in [0.1, 0.15) is 0 Å². The Bertz CT molecular complexity index is 513. The summed E-state index contributed by atoms with van der Waals surface area (Å²) in [6, 6.07) is 16.3. The van der Waals surface area contributed by atoms with E-state index in [9.17, 15) is 0 Å². The predicted molar refractivity (Wildman–Crippen MR) is 74.1 cm³/mol. The maximum absolute atomic E-state index is 4.34. The van der Waals surface area contributed by atoms with E-state index in [0.29, 0.717) is 0 Å². The first-order valence-electron chi connectivity index (χ1n) is 5.66. The molecule has 2 rings (SSSR count). The van der Waals surface area contributed by atoms with Gasteiger partial charge in [0.05, 0.1) is 12.0 Å². The lowest BCUT2D eigenvalue weighted by Gasteiger charge is -2.01. The highest BCUT2D eigenvalue weighted by molar-refractivity contribution is 5.77. The number of hydrogen-bond acceptors (Lipinski definition) is 1. The fourth-order valence-electron chi connectivity index (χ4n) is 1.55. The number of aliphatic imine (C=N–C) groups is 1. The van der Waals surface area contributed by atoms with Crippen molar-refractivity contribution in [3.8, 4) is 0 Å². The molecule has 0 bridgehead atoms. The molecule has 17 heavy (non-hydrogen) atoms. The quantitative estimate of drug-likeness (QED) is 0.616. The summed E-state index contributed by atoms with van der Waals surface area (Å²) in [6.45, 7) is 4.14. The zero-order valence-corrected chi connectivity index (χ0v) is 10.1. The molecule has 0 aliphatic carbocycles. The average Bonchev–Trinajstić information content (AvgIpc) is 2.32. The summed E-state index contributed by atoms with van der Waals surface area (Å²) in [5, 5.41) is 3.16. The van der Waals surface area contributed by atoms with Crippen molar-refractivity contribution in [1.82, 2.24) is 0 Å². The van der Waals surface area contributed by atoms with Gasteiger partial charge < -0.3 is 5.32 Å². The van der Waals surface area contributed by atoms with Crippen LogP contribution in [0.3, 0.4) is 0 Å². The van der Waals surface area contributed by atoms with Crippen LogP contribution in [0.2, 0.25) is 0 Å². The van der Waals surface area contributed by atoms with E-state index in [1.54, 1.807) is 6.34 Å². The summed E-state index contributed by atoms with van der Waals surface area (Å²) in [7, 11) is 0. The van der Waals surface area contributed by atoms with Crippen LogP contribution >= 0.6 is 0 Å². The molecule has 2 nitrogen and oxygen atoms in total. The minimum atomic E-state index is 0.954. The second-order valence-electron chi connectivity index (χ2n) is 4.11. The summed E-state index contributed by atoms with van der Waals surface area (Å²) in [5.74, 6) is 0. The zero-order chi connectivity index (χ0) is 12.1. The van der Waals surface area contributed by atoms with Gasteiger partial charge in [-0.1, -0.05) is 29.8 Å². The maximum atomic E-state index is 4.34. The van der Waals surface area contributed by atoms with Crippen LogP contribution in [0.4, 0.5) is 11.4 Å². The van der Waals surface area contributed by atoms with E-state index in [0.717, 1.165) is 11.4 Å². The van der Waals surface area contributed by atoms with Crippen LogP contribution in [0.25, 0.3) is 0 Å². The molecule has 0 aliphatic rings. The number of anilines is 1. The van der Waals surface area contributed by atoms with Gasteiger partial charge in [0.25, 0.3) is 0 Å². The van der Waals surface area contributed by atoms with Crippen molar-refractivity contribution < 1.29 is 0 Å². The summed E-state index contributed by atoms with van der Waals surface area (Å²) >= 11 is 0. The lowest BCUT2D eigenvalue weighted by molar-refractivity contribution is 1.43. The summed E-state index contributed by atoms with van der Waals surface area (Å²) < 4.78 is 0. The first kappa shape index (κ1) is 11.4. The summed E-state index contributed by atoms with van der Waals surface area (Å²) in [6.07, 6.45) is 1.72. The smallest absolute Gasteiger partial charge is 0.0930 e. The highest BCUT2D eigenvalue weighted by atomic mass is 14.9. The fourth-order valence-corrected chi connectivity index (χ4v) is 1.55. The van der Waals surface area contributed by atoms with E-state index in [2.05, 4.69) is 48.4 Å². The number of rotatable bonds is 3. The van der Waals surface area contributed by atoms with Gasteiger partial charge in [-0.25, -0.2) is 4.99 Å². The molecule has 0 heterocycles. The molecule has 0 atom stereocenters. The molecule has 0 aromatic heterocycles. The van der Waals surface area contributed by atoms with Gasteiger partial charge in [0.2, 0.25) is 0 Å². The molecule has 86 valence electrons. The number of aryl methyl sites for hydroxylation is 2. The van der Waals surface area contributed by atoms with E-state index in [-0.39, 0.29) is 0 Å². The third-order valence-corrected chi connectivity index (χ3v) is 2.50. The Balaban J connectivity index is 2.00. The molecule has 0 unspecified atom stereocenters. The SMILES string of the molecule is Cc1ccc(N=CNc2cccc(C)c2)cc1. The van der Waals surface area contributed by atoms with Crippen LogP contribution in [0.5, 0.6) is 0 Å². The van der Waals surface area contributed by atoms with Crippen LogP contribution in [-0.2, 0) is 0 Å². The molecule has 2 aromatic carbocycles.